The molecule has 3 heteroatoms. The molecule has 212 valence electrons. The fraction of sp³-hybridized carbons (Fsp3) is 0.667. The van der Waals surface area contributed by atoms with Gasteiger partial charge in [0.15, 0.2) is 0 Å². The van der Waals surface area contributed by atoms with Crippen molar-refractivity contribution < 1.29 is 4.74 Å². The van der Waals surface area contributed by atoms with Crippen LogP contribution in [-0.2, 0) is 12.8 Å². The molecule has 0 aliphatic heterocycles. The Morgan fingerprint density at radius 3 is 1.36 bits per heavy atom. The van der Waals surface area contributed by atoms with Gasteiger partial charge in [-0.25, -0.2) is 0 Å². The average Bonchev–Trinajstić information content (AvgIpc) is 2.92. The minimum absolute atomic E-state index is 0. The summed E-state index contributed by atoms with van der Waals surface area (Å²) < 4.78 is 6.39. The first-order valence-electron chi connectivity index (χ1n) is 16.2. The van der Waals surface area contributed by atoms with Crippen LogP contribution in [0.1, 0.15) is 153 Å². The average molecular weight is 555 g/mol. The maximum atomic E-state index is 6.39. The molecule has 0 amide bonds. The van der Waals surface area contributed by atoms with E-state index >= 15 is 0 Å². The summed E-state index contributed by atoms with van der Waals surface area (Å²) in [6, 6.07) is 17.1. The summed E-state index contributed by atoms with van der Waals surface area (Å²) in [5.74, 6) is 2.02. The molecule has 0 atom stereocenters. The summed E-state index contributed by atoms with van der Waals surface area (Å²) in [6.45, 7) is 4.60. The second kappa shape index (κ2) is 28.4. The predicted molar refractivity (Wildman–Crippen MR) is 178 cm³/mol. The Bertz CT molecular complexity index is 777. The van der Waals surface area contributed by atoms with Crippen molar-refractivity contribution in [3.63, 3.8) is 0 Å². The van der Waals surface area contributed by atoms with Gasteiger partial charge >= 0.3 is 59.1 Å². The van der Waals surface area contributed by atoms with Crippen molar-refractivity contribution in [2.75, 3.05) is 0 Å². The van der Waals surface area contributed by atoms with Crippen LogP contribution in [-0.4, -0.2) is 59.1 Å². The van der Waals surface area contributed by atoms with Gasteiger partial charge < -0.3 is 4.74 Å². The van der Waals surface area contributed by atoms with E-state index in [-0.39, 0.29) is 59.1 Å². The van der Waals surface area contributed by atoms with Gasteiger partial charge in [-0.15, -0.1) is 0 Å². The first-order chi connectivity index (χ1) is 18.3. The minimum atomic E-state index is 0. The Hall–Kier alpha value is 0.240. The molecule has 1 nitrogen and oxygen atoms in total. The van der Waals surface area contributed by atoms with Crippen molar-refractivity contribution in [2.45, 2.75) is 155 Å². The number of ether oxygens (including phenoxy) is 1. The molecule has 0 N–H and O–H groups in total. The quantitative estimate of drug-likeness (QED) is 0.0926. The van der Waals surface area contributed by atoms with Crippen molar-refractivity contribution >= 4 is 59.1 Å². The first-order valence-corrected chi connectivity index (χ1v) is 16.2. The van der Waals surface area contributed by atoms with E-state index in [0.717, 1.165) is 17.9 Å². The van der Waals surface area contributed by atoms with Crippen LogP contribution in [0.2, 0.25) is 0 Å². The third-order valence-electron chi connectivity index (χ3n) is 7.78. The van der Waals surface area contributed by atoms with Crippen molar-refractivity contribution in [3.05, 3.63) is 59.7 Å². The van der Waals surface area contributed by atoms with E-state index in [4.69, 9.17) is 4.74 Å². The molecule has 0 aromatic heterocycles. The van der Waals surface area contributed by atoms with Crippen molar-refractivity contribution in [3.8, 4) is 11.5 Å². The molecule has 0 aliphatic rings. The Labute approximate surface area is 287 Å². The summed E-state index contributed by atoms with van der Waals surface area (Å²) in [4.78, 5) is 0. The zero-order valence-electron chi connectivity index (χ0n) is 24.6. The van der Waals surface area contributed by atoms with Crippen molar-refractivity contribution in [2.24, 2.45) is 0 Å². The molecule has 39 heavy (non-hydrogen) atoms. The molecule has 2 rings (SSSR count). The Morgan fingerprint density at radius 2 is 0.872 bits per heavy atom. The van der Waals surface area contributed by atoms with Crippen LogP contribution in [0.15, 0.2) is 48.5 Å². The Kier molecular flexibility index (Phi) is 28.5. The van der Waals surface area contributed by atoms with Gasteiger partial charge in [-0.3, -0.25) is 0 Å². The van der Waals surface area contributed by atoms with E-state index in [2.05, 4.69) is 62.4 Å². The molecule has 2 aromatic rings. The van der Waals surface area contributed by atoms with Crippen LogP contribution in [0.4, 0.5) is 0 Å². The van der Waals surface area contributed by atoms with Crippen LogP contribution in [0.5, 0.6) is 11.5 Å². The number of aryl methyl sites for hydroxylation is 1. The van der Waals surface area contributed by atoms with E-state index in [1.165, 1.54) is 146 Å². The second-order valence-electron chi connectivity index (χ2n) is 11.2. The van der Waals surface area contributed by atoms with Crippen LogP contribution >= 0.6 is 0 Å². The molecule has 0 fully saturated rings. The standard InChI is InChI=1S/C36H58O.2Na.2H/c1-3-5-7-9-11-13-15-17-19-22-27-33-28-26-32-36(37-34-29-23-21-24-30-34)35(33)31-25-20-18-16-14-12-10-8-6-4-2;;;;/h21,23-24,26,28-30,32H,3-20,22,25,27,31H2,1-2H3;;;;. The molecule has 0 aliphatic carbocycles. The number of benzene rings is 2. The summed E-state index contributed by atoms with van der Waals surface area (Å²) in [5, 5.41) is 0. The molecule has 2 aromatic carbocycles. The molecule has 0 bridgehead atoms. The third kappa shape index (κ3) is 19.9. The van der Waals surface area contributed by atoms with Gasteiger partial charge in [0.05, 0.1) is 0 Å². The molecule has 0 saturated heterocycles. The van der Waals surface area contributed by atoms with Crippen LogP contribution < -0.4 is 4.74 Å². The molecular formula is C36H60Na2O. The van der Waals surface area contributed by atoms with Gasteiger partial charge in [0.25, 0.3) is 0 Å². The maximum absolute atomic E-state index is 6.39. The molecule has 0 radical (unpaired) electrons. The zero-order valence-corrected chi connectivity index (χ0v) is 24.6. The van der Waals surface area contributed by atoms with Crippen LogP contribution in [0.3, 0.4) is 0 Å². The van der Waals surface area contributed by atoms with Gasteiger partial charge in [0.2, 0.25) is 0 Å². The second-order valence-corrected chi connectivity index (χ2v) is 11.2. The number of hydrogen-bond acceptors (Lipinski definition) is 1. The monoisotopic (exact) mass is 554 g/mol. The van der Waals surface area contributed by atoms with E-state index in [0.29, 0.717) is 0 Å². The molecule has 0 spiro atoms. The molecule has 0 unspecified atom stereocenters. The van der Waals surface area contributed by atoms with Gasteiger partial charge in [-0.05, 0) is 55.0 Å². The summed E-state index contributed by atoms with van der Waals surface area (Å²) in [6.07, 6.45) is 30.1. The summed E-state index contributed by atoms with van der Waals surface area (Å²) in [7, 11) is 0. The van der Waals surface area contributed by atoms with E-state index in [1.807, 2.05) is 0 Å². The third-order valence-corrected chi connectivity index (χ3v) is 7.78. The topological polar surface area (TPSA) is 9.23 Å². The Morgan fingerprint density at radius 1 is 0.436 bits per heavy atom. The van der Waals surface area contributed by atoms with Gasteiger partial charge in [-0.1, -0.05) is 160 Å². The number of para-hydroxylation sites is 1. The van der Waals surface area contributed by atoms with Crippen molar-refractivity contribution in [1.29, 1.82) is 0 Å². The normalized spacial score (nSPS) is 10.6. The van der Waals surface area contributed by atoms with E-state index in [9.17, 15) is 0 Å². The fourth-order valence-corrected chi connectivity index (χ4v) is 5.43. The number of hydrogen-bond donors (Lipinski definition) is 0. The van der Waals surface area contributed by atoms with Gasteiger partial charge in [0.1, 0.15) is 11.5 Å². The van der Waals surface area contributed by atoms with Crippen LogP contribution in [0, 0.1) is 0 Å². The molecule has 0 heterocycles. The number of unbranched alkanes of at least 4 members (excludes halogenated alkanes) is 18. The summed E-state index contributed by atoms with van der Waals surface area (Å²) >= 11 is 0. The van der Waals surface area contributed by atoms with Crippen molar-refractivity contribution in [1.82, 2.24) is 0 Å². The van der Waals surface area contributed by atoms with Gasteiger partial charge in [0, 0.05) is 0 Å². The first kappa shape index (κ1) is 39.2. The van der Waals surface area contributed by atoms with Crippen LogP contribution in [0.25, 0.3) is 0 Å². The fourth-order valence-electron chi connectivity index (χ4n) is 5.43. The molecule has 0 saturated carbocycles. The number of rotatable bonds is 24. The predicted octanol–water partition coefficient (Wildman–Crippen LogP) is 11.1. The zero-order chi connectivity index (χ0) is 26.2. The SMILES string of the molecule is CCCCCCCCCCCCc1cccc(Oc2ccccc2)c1CCCCCCCCCCCC.[NaH].[NaH]. The van der Waals surface area contributed by atoms with E-state index in [1.54, 1.807) is 0 Å². The van der Waals surface area contributed by atoms with Gasteiger partial charge in [-0.2, -0.15) is 0 Å². The van der Waals surface area contributed by atoms with E-state index < -0.39 is 0 Å². The Balaban J connectivity index is 0.00000722. The summed E-state index contributed by atoms with van der Waals surface area (Å²) in [5.41, 5.74) is 2.98. The molecular weight excluding hydrogens is 494 g/mol.